The van der Waals surface area contributed by atoms with E-state index in [2.05, 4.69) is 10.3 Å². The van der Waals surface area contributed by atoms with Crippen molar-refractivity contribution in [1.29, 1.82) is 0 Å². The molecule has 0 spiro atoms. The molecule has 5 nitrogen and oxygen atoms in total. The van der Waals surface area contributed by atoms with Gasteiger partial charge >= 0.3 is 0 Å². The number of nitrogen functional groups attached to an aromatic ring is 1. The molecule has 5 heteroatoms. The number of carbonyl (C=O) groups is 1. The largest absolute Gasteiger partial charge is 0.382 e. The fraction of sp³-hybridized carbons (Fsp3) is 0.250. The zero-order valence-electron chi connectivity index (χ0n) is 4.90. The van der Waals surface area contributed by atoms with Crippen LogP contribution >= 0.6 is 0 Å². The quantitative estimate of drug-likeness (QED) is 0.500. The number of carbonyl (C=O) groups excluding carboxylic acids is 1. The van der Waals surface area contributed by atoms with Crippen LogP contribution in [0.5, 0.6) is 0 Å². The van der Waals surface area contributed by atoms with Crippen molar-refractivity contribution in [3.8, 4) is 0 Å². The molecular formula is C4H6N4O. The highest BCUT2D eigenvalue weighted by molar-refractivity contribution is 5.78. The van der Waals surface area contributed by atoms with E-state index in [1.165, 1.54) is 4.68 Å². The Morgan fingerprint density at radius 2 is 2.44 bits per heavy atom. The third-order valence-corrected chi connectivity index (χ3v) is 1.01. The highest BCUT2D eigenvalue weighted by Crippen LogP contribution is 1.99. The molecule has 0 aliphatic rings. The van der Waals surface area contributed by atoms with E-state index >= 15 is 0 Å². The van der Waals surface area contributed by atoms with E-state index < -0.39 is 0 Å². The number of aldehydes is 1. The number of hydrogen-bond acceptors (Lipinski definition) is 4. The summed E-state index contributed by atoms with van der Waals surface area (Å²) in [5, 5.41) is 6.95. The van der Waals surface area contributed by atoms with Crippen LogP contribution in [-0.2, 0) is 7.05 Å². The van der Waals surface area contributed by atoms with Crippen molar-refractivity contribution in [3.05, 3.63) is 5.69 Å². The van der Waals surface area contributed by atoms with Gasteiger partial charge in [0.1, 0.15) is 0 Å². The zero-order chi connectivity index (χ0) is 6.85. The van der Waals surface area contributed by atoms with Gasteiger partial charge < -0.3 is 5.73 Å². The van der Waals surface area contributed by atoms with E-state index in [-0.39, 0.29) is 5.69 Å². The molecule has 0 unspecified atom stereocenters. The van der Waals surface area contributed by atoms with Gasteiger partial charge in [-0.1, -0.05) is 5.21 Å². The molecule has 1 rings (SSSR count). The second-order valence-electron chi connectivity index (χ2n) is 1.60. The van der Waals surface area contributed by atoms with Crippen LogP contribution in [0.15, 0.2) is 0 Å². The van der Waals surface area contributed by atoms with E-state index in [0.717, 1.165) is 0 Å². The van der Waals surface area contributed by atoms with Gasteiger partial charge in [0.05, 0.1) is 0 Å². The first-order chi connectivity index (χ1) is 4.25. The molecule has 1 aromatic heterocycles. The summed E-state index contributed by atoms with van der Waals surface area (Å²) in [4.78, 5) is 10.0. The summed E-state index contributed by atoms with van der Waals surface area (Å²) in [7, 11) is 1.62. The second kappa shape index (κ2) is 1.85. The molecule has 48 valence electrons. The summed E-state index contributed by atoms with van der Waals surface area (Å²) in [6.45, 7) is 0. The highest BCUT2D eigenvalue weighted by atomic mass is 16.1. The first-order valence-electron chi connectivity index (χ1n) is 2.36. The molecule has 0 bridgehead atoms. The standard InChI is InChI=1S/C4H6N4O/c1-8-4(5)3(2-9)6-7-8/h2H,5H2,1H3. The van der Waals surface area contributed by atoms with Crippen molar-refractivity contribution < 1.29 is 4.79 Å². The summed E-state index contributed by atoms with van der Waals surface area (Å²) in [6, 6.07) is 0. The number of rotatable bonds is 1. The average Bonchev–Trinajstić information content (AvgIpc) is 2.15. The van der Waals surface area contributed by atoms with Crippen molar-refractivity contribution in [2.75, 3.05) is 5.73 Å². The van der Waals surface area contributed by atoms with Crippen molar-refractivity contribution in [3.63, 3.8) is 0 Å². The second-order valence-corrected chi connectivity index (χ2v) is 1.60. The van der Waals surface area contributed by atoms with Crippen LogP contribution in [0.3, 0.4) is 0 Å². The van der Waals surface area contributed by atoms with Gasteiger partial charge in [-0.25, -0.2) is 4.68 Å². The minimum absolute atomic E-state index is 0.192. The normalized spacial score (nSPS) is 9.44. The predicted octanol–water partition coefficient (Wildman–Crippen LogP) is -0.790. The molecule has 0 aliphatic carbocycles. The maximum absolute atomic E-state index is 10.0. The smallest absolute Gasteiger partial charge is 0.174 e. The van der Waals surface area contributed by atoms with Gasteiger partial charge in [0.25, 0.3) is 0 Å². The molecule has 0 aliphatic heterocycles. The monoisotopic (exact) mass is 126 g/mol. The first kappa shape index (κ1) is 5.74. The lowest BCUT2D eigenvalue weighted by Gasteiger charge is -1.87. The average molecular weight is 126 g/mol. The molecule has 1 heterocycles. The molecule has 0 fully saturated rings. The van der Waals surface area contributed by atoms with E-state index in [1.54, 1.807) is 7.05 Å². The van der Waals surface area contributed by atoms with Crippen molar-refractivity contribution in [1.82, 2.24) is 15.0 Å². The fourth-order valence-corrected chi connectivity index (χ4v) is 0.464. The Labute approximate surface area is 51.5 Å². The molecule has 0 amide bonds. The van der Waals surface area contributed by atoms with Crippen LogP contribution in [0.2, 0.25) is 0 Å². The number of hydrogen-bond donors (Lipinski definition) is 1. The number of nitrogens with zero attached hydrogens (tertiary/aromatic N) is 3. The minimum atomic E-state index is 0.192. The Morgan fingerprint density at radius 3 is 2.67 bits per heavy atom. The summed E-state index contributed by atoms with van der Waals surface area (Å²) < 4.78 is 1.34. The van der Waals surface area contributed by atoms with E-state index in [1.807, 2.05) is 0 Å². The van der Waals surface area contributed by atoms with Gasteiger partial charge in [0.15, 0.2) is 17.8 Å². The first-order valence-corrected chi connectivity index (χ1v) is 2.36. The lowest BCUT2D eigenvalue weighted by molar-refractivity contribution is 0.112. The Bertz CT molecular complexity index is 228. The topological polar surface area (TPSA) is 73.8 Å². The number of anilines is 1. The molecule has 0 atom stereocenters. The van der Waals surface area contributed by atoms with Gasteiger partial charge in [-0.05, 0) is 0 Å². The van der Waals surface area contributed by atoms with Gasteiger partial charge in [-0.3, -0.25) is 4.79 Å². The third-order valence-electron chi connectivity index (χ3n) is 1.01. The minimum Gasteiger partial charge on any atom is -0.382 e. The van der Waals surface area contributed by atoms with Crippen LogP contribution in [-0.4, -0.2) is 21.3 Å². The Kier molecular flexibility index (Phi) is 1.18. The van der Waals surface area contributed by atoms with Crippen LogP contribution in [0.25, 0.3) is 0 Å². The maximum Gasteiger partial charge on any atom is 0.174 e. The Hall–Kier alpha value is -1.39. The van der Waals surface area contributed by atoms with Crippen molar-refractivity contribution in [2.45, 2.75) is 0 Å². The molecule has 0 saturated carbocycles. The summed E-state index contributed by atoms with van der Waals surface area (Å²) in [5.41, 5.74) is 5.51. The Morgan fingerprint density at radius 1 is 1.78 bits per heavy atom. The number of nitrogens with two attached hydrogens (primary N) is 1. The lowest BCUT2D eigenvalue weighted by Crippen LogP contribution is -1.98. The summed E-state index contributed by atoms with van der Waals surface area (Å²) in [6.07, 6.45) is 0.572. The van der Waals surface area contributed by atoms with Gasteiger partial charge in [0, 0.05) is 7.05 Å². The molecule has 0 aromatic carbocycles. The Balaban J connectivity index is 3.18. The third kappa shape index (κ3) is 0.758. The summed E-state index contributed by atoms with van der Waals surface area (Å²) in [5.74, 6) is 0.296. The van der Waals surface area contributed by atoms with E-state index in [9.17, 15) is 4.79 Å². The molecule has 1 aromatic rings. The predicted molar refractivity (Wildman–Crippen MR) is 30.8 cm³/mol. The van der Waals surface area contributed by atoms with Crippen molar-refractivity contribution >= 4 is 12.1 Å². The molecule has 2 N–H and O–H groups in total. The summed E-state index contributed by atoms with van der Waals surface area (Å²) >= 11 is 0. The van der Waals surface area contributed by atoms with Gasteiger partial charge in [-0.2, -0.15) is 0 Å². The molecule has 0 saturated heterocycles. The number of aromatic nitrogens is 3. The molecule has 0 radical (unpaired) electrons. The zero-order valence-corrected chi connectivity index (χ0v) is 4.90. The van der Waals surface area contributed by atoms with E-state index in [0.29, 0.717) is 12.1 Å². The molecular weight excluding hydrogens is 120 g/mol. The van der Waals surface area contributed by atoms with Crippen LogP contribution < -0.4 is 5.73 Å². The maximum atomic E-state index is 10.0. The SMILES string of the molecule is Cn1nnc(C=O)c1N. The van der Waals surface area contributed by atoms with E-state index in [4.69, 9.17) is 5.73 Å². The van der Waals surface area contributed by atoms with Crippen LogP contribution in [0, 0.1) is 0 Å². The van der Waals surface area contributed by atoms with Gasteiger partial charge in [0.2, 0.25) is 0 Å². The van der Waals surface area contributed by atoms with Crippen molar-refractivity contribution in [2.24, 2.45) is 7.05 Å². The number of aryl methyl sites for hydroxylation is 1. The highest BCUT2D eigenvalue weighted by Gasteiger charge is 2.02. The van der Waals surface area contributed by atoms with Crippen LogP contribution in [0.1, 0.15) is 10.5 Å². The lowest BCUT2D eigenvalue weighted by atomic mass is 10.5. The van der Waals surface area contributed by atoms with Gasteiger partial charge in [-0.15, -0.1) is 5.10 Å². The van der Waals surface area contributed by atoms with Crippen LogP contribution in [0.4, 0.5) is 5.82 Å². The molecule has 9 heavy (non-hydrogen) atoms. The fourth-order valence-electron chi connectivity index (χ4n) is 0.464.